The molecule has 138 valence electrons. The van der Waals surface area contributed by atoms with Crippen molar-refractivity contribution < 1.29 is 22.4 Å². The second-order valence-corrected chi connectivity index (χ2v) is 8.53. The molecule has 1 aliphatic rings. The molecule has 0 spiro atoms. The molecule has 1 heterocycles. The average Bonchev–Trinajstić information content (AvgIpc) is 2.58. The second kappa shape index (κ2) is 8.42. The van der Waals surface area contributed by atoms with E-state index >= 15 is 0 Å². The van der Waals surface area contributed by atoms with Gasteiger partial charge in [0, 0.05) is 45.3 Å². The number of piperazine rings is 1. The summed E-state index contributed by atoms with van der Waals surface area (Å²) >= 11 is 0. The summed E-state index contributed by atoms with van der Waals surface area (Å²) in [5.41, 5.74) is 0.907. The van der Waals surface area contributed by atoms with Crippen LogP contribution in [0.3, 0.4) is 0 Å². The lowest BCUT2D eigenvalue weighted by Gasteiger charge is -2.35. The highest BCUT2D eigenvalue weighted by atomic mass is 32.2. The zero-order valence-electron chi connectivity index (χ0n) is 14.3. The lowest BCUT2D eigenvalue weighted by Crippen LogP contribution is -2.50. The van der Waals surface area contributed by atoms with Gasteiger partial charge in [0.1, 0.15) is 15.7 Å². The summed E-state index contributed by atoms with van der Waals surface area (Å²) in [6.45, 7) is 1.75. The molecule has 1 aromatic carbocycles. The maximum atomic E-state index is 12.9. The Morgan fingerprint density at radius 3 is 1.92 bits per heavy atom. The van der Waals surface area contributed by atoms with Gasteiger partial charge >= 0.3 is 0 Å². The van der Waals surface area contributed by atoms with Crippen molar-refractivity contribution in [2.45, 2.75) is 19.3 Å². The average molecular weight is 370 g/mol. The van der Waals surface area contributed by atoms with Crippen LogP contribution in [-0.2, 0) is 25.8 Å². The van der Waals surface area contributed by atoms with Crippen LogP contribution in [0.1, 0.15) is 18.4 Å². The quantitative estimate of drug-likeness (QED) is 0.745. The Kier molecular flexibility index (Phi) is 6.52. The molecule has 6 nitrogen and oxygen atoms in total. The minimum atomic E-state index is -3.15. The third-order valence-electron chi connectivity index (χ3n) is 4.21. The van der Waals surface area contributed by atoms with E-state index in [2.05, 4.69) is 0 Å². The summed E-state index contributed by atoms with van der Waals surface area (Å²) in [6, 6.07) is 6.09. The number of hydrogen-bond donors (Lipinski definition) is 0. The van der Waals surface area contributed by atoms with Crippen molar-refractivity contribution in [2.24, 2.45) is 0 Å². The number of carbonyl (C=O) groups excluding carboxylic acids is 2. The first-order valence-electron chi connectivity index (χ1n) is 8.22. The molecule has 0 saturated carbocycles. The molecule has 0 unspecified atom stereocenters. The SMILES string of the molecule is CS(=O)(=O)CCC(=O)N1CCN(C(=O)CCc2ccc(F)cc2)CC1. The van der Waals surface area contributed by atoms with Crippen molar-refractivity contribution in [3.05, 3.63) is 35.6 Å². The standard InChI is InChI=1S/C17H23FN2O4S/c1-25(23,24)13-8-17(22)20-11-9-19(10-12-20)16(21)7-4-14-2-5-15(18)6-3-14/h2-3,5-6H,4,7-13H2,1H3. The molecule has 2 rings (SSSR count). The lowest BCUT2D eigenvalue weighted by atomic mass is 10.1. The first-order chi connectivity index (χ1) is 11.7. The molecule has 0 atom stereocenters. The molecular weight excluding hydrogens is 347 g/mol. The molecular formula is C17H23FN2O4S. The van der Waals surface area contributed by atoms with E-state index in [1.165, 1.54) is 12.1 Å². The van der Waals surface area contributed by atoms with E-state index in [0.29, 0.717) is 39.0 Å². The Balaban J connectivity index is 1.74. The van der Waals surface area contributed by atoms with Gasteiger partial charge in [-0.2, -0.15) is 0 Å². The van der Waals surface area contributed by atoms with Crippen LogP contribution >= 0.6 is 0 Å². The van der Waals surface area contributed by atoms with Crippen LogP contribution in [0.5, 0.6) is 0 Å². The van der Waals surface area contributed by atoms with Gasteiger partial charge < -0.3 is 9.80 Å². The van der Waals surface area contributed by atoms with Gasteiger partial charge in [0.2, 0.25) is 11.8 Å². The number of amides is 2. The molecule has 1 aliphatic heterocycles. The highest BCUT2D eigenvalue weighted by Gasteiger charge is 2.24. The summed E-state index contributed by atoms with van der Waals surface area (Å²) in [7, 11) is -3.15. The Bertz CT molecular complexity index is 711. The molecule has 0 N–H and O–H groups in total. The summed E-state index contributed by atoms with van der Waals surface area (Å²) in [6.07, 6.45) is 1.98. The van der Waals surface area contributed by atoms with Gasteiger partial charge in [0.05, 0.1) is 5.75 Å². The first-order valence-corrected chi connectivity index (χ1v) is 10.3. The predicted molar refractivity (Wildman–Crippen MR) is 92.2 cm³/mol. The Morgan fingerprint density at radius 1 is 0.960 bits per heavy atom. The number of nitrogens with zero attached hydrogens (tertiary/aromatic N) is 2. The Morgan fingerprint density at radius 2 is 1.44 bits per heavy atom. The van der Waals surface area contributed by atoms with Gasteiger partial charge in [-0.1, -0.05) is 12.1 Å². The number of benzene rings is 1. The highest BCUT2D eigenvalue weighted by molar-refractivity contribution is 7.90. The molecule has 0 radical (unpaired) electrons. The van der Waals surface area contributed by atoms with E-state index in [1.807, 2.05) is 0 Å². The van der Waals surface area contributed by atoms with Crippen LogP contribution in [0.4, 0.5) is 4.39 Å². The van der Waals surface area contributed by atoms with Crippen LogP contribution in [-0.4, -0.2) is 68.2 Å². The van der Waals surface area contributed by atoms with Crippen molar-refractivity contribution >= 4 is 21.7 Å². The molecule has 1 aromatic rings. The topological polar surface area (TPSA) is 74.8 Å². The van der Waals surface area contributed by atoms with E-state index in [1.54, 1.807) is 21.9 Å². The molecule has 0 aliphatic carbocycles. The smallest absolute Gasteiger partial charge is 0.223 e. The fourth-order valence-corrected chi connectivity index (χ4v) is 3.24. The fraction of sp³-hybridized carbons (Fsp3) is 0.529. The Labute approximate surface area is 147 Å². The summed E-state index contributed by atoms with van der Waals surface area (Å²) in [4.78, 5) is 27.5. The van der Waals surface area contributed by atoms with Gasteiger partial charge in [-0.15, -0.1) is 0 Å². The van der Waals surface area contributed by atoms with Gasteiger partial charge in [-0.3, -0.25) is 9.59 Å². The summed E-state index contributed by atoms with van der Waals surface area (Å²) in [5.74, 6) is -0.633. The van der Waals surface area contributed by atoms with E-state index in [0.717, 1.165) is 11.8 Å². The van der Waals surface area contributed by atoms with E-state index in [4.69, 9.17) is 0 Å². The van der Waals surface area contributed by atoms with Crippen molar-refractivity contribution in [2.75, 3.05) is 38.2 Å². The monoisotopic (exact) mass is 370 g/mol. The number of halogens is 1. The normalized spacial score (nSPS) is 15.3. The number of sulfone groups is 1. The summed E-state index contributed by atoms with van der Waals surface area (Å²) < 4.78 is 35.1. The van der Waals surface area contributed by atoms with E-state index in [9.17, 15) is 22.4 Å². The van der Waals surface area contributed by atoms with Crippen molar-refractivity contribution in [1.29, 1.82) is 0 Å². The van der Waals surface area contributed by atoms with Gasteiger partial charge in [0.15, 0.2) is 0 Å². The van der Waals surface area contributed by atoms with Crippen molar-refractivity contribution in [3.8, 4) is 0 Å². The van der Waals surface area contributed by atoms with Gasteiger partial charge in [-0.05, 0) is 24.1 Å². The molecule has 1 saturated heterocycles. The minimum absolute atomic E-state index is 0.00700. The lowest BCUT2D eigenvalue weighted by molar-refractivity contribution is -0.139. The maximum Gasteiger partial charge on any atom is 0.223 e. The zero-order valence-corrected chi connectivity index (χ0v) is 15.1. The highest BCUT2D eigenvalue weighted by Crippen LogP contribution is 2.10. The van der Waals surface area contributed by atoms with Crippen molar-refractivity contribution in [1.82, 2.24) is 9.80 Å². The first kappa shape index (κ1) is 19.4. The molecule has 25 heavy (non-hydrogen) atoms. The molecule has 1 fully saturated rings. The second-order valence-electron chi connectivity index (χ2n) is 6.27. The molecule has 0 aromatic heterocycles. The van der Waals surface area contributed by atoms with E-state index < -0.39 is 9.84 Å². The minimum Gasteiger partial charge on any atom is -0.339 e. The van der Waals surface area contributed by atoms with Crippen LogP contribution in [0, 0.1) is 5.82 Å². The molecule has 8 heteroatoms. The van der Waals surface area contributed by atoms with Crippen LogP contribution in [0.2, 0.25) is 0 Å². The number of aryl methyl sites for hydroxylation is 1. The van der Waals surface area contributed by atoms with Crippen LogP contribution in [0.25, 0.3) is 0 Å². The van der Waals surface area contributed by atoms with Crippen molar-refractivity contribution in [3.63, 3.8) is 0 Å². The third-order valence-corrected chi connectivity index (χ3v) is 5.16. The molecule has 2 amide bonds. The fourth-order valence-electron chi connectivity index (χ4n) is 2.70. The predicted octanol–water partition coefficient (Wildman–Crippen LogP) is 0.864. The third kappa shape index (κ3) is 6.45. The largest absolute Gasteiger partial charge is 0.339 e. The maximum absolute atomic E-state index is 12.9. The van der Waals surface area contributed by atoms with E-state index in [-0.39, 0.29) is 29.8 Å². The number of carbonyl (C=O) groups is 2. The number of rotatable bonds is 6. The zero-order chi connectivity index (χ0) is 18.4. The molecule has 0 bridgehead atoms. The number of hydrogen-bond acceptors (Lipinski definition) is 4. The van der Waals surface area contributed by atoms with Gasteiger partial charge in [0.25, 0.3) is 0 Å². The Hall–Kier alpha value is -1.96. The van der Waals surface area contributed by atoms with Crippen LogP contribution in [0.15, 0.2) is 24.3 Å². The summed E-state index contributed by atoms with van der Waals surface area (Å²) in [5, 5.41) is 0. The van der Waals surface area contributed by atoms with Gasteiger partial charge in [-0.25, -0.2) is 12.8 Å². The van der Waals surface area contributed by atoms with Crippen LogP contribution < -0.4 is 0 Å².